The first-order valence-electron chi connectivity index (χ1n) is 5.01. The van der Waals surface area contributed by atoms with Crippen LogP contribution in [0.2, 0.25) is 0 Å². The van der Waals surface area contributed by atoms with Crippen LogP contribution in [0, 0.1) is 0 Å². The van der Waals surface area contributed by atoms with Gasteiger partial charge in [0.25, 0.3) is 0 Å². The van der Waals surface area contributed by atoms with Crippen molar-refractivity contribution >= 4 is 6.03 Å². The number of amides is 2. The summed E-state index contributed by atoms with van der Waals surface area (Å²) < 4.78 is 0. The number of hydrogen-bond donors (Lipinski definition) is 3. The molecule has 2 rings (SSSR count). The maximum atomic E-state index is 10.8. The molecule has 1 aromatic rings. The van der Waals surface area contributed by atoms with Gasteiger partial charge in [0.1, 0.15) is 0 Å². The summed E-state index contributed by atoms with van der Waals surface area (Å²) in [7, 11) is 0. The van der Waals surface area contributed by atoms with Gasteiger partial charge in [-0.2, -0.15) is 0 Å². The molecule has 0 spiro atoms. The van der Waals surface area contributed by atoms with Gasteiger partial charge in [-0.05, 0) is 24.0 Å². The van der Waals surface area contributed by atoms with Crippen LogP contribution in [0.15, 0.2) is 24.3 Å². The lowest BCUT2D eigenvalue weighted by Gasteiger charge is -2.28. The highest BCUT2D eigenvalue weighted by Gasteiger charge is 2.25. The number of carbonyl (C=O) groups is 1. The van der Waals surface area contributed by atoms with E-state index in [4.69, 9.17) is 5.73 Å². The summed E-state index contributed by atoms with van der Waals surface area (Å²) in [5.41, 5.74) is 6.96. The van der Waals surface area contributed by atoms with Crippen LogP contribution in [0.5, 0.6) is 0 Å². The molecule has 0 heterocycles. The number of aliphatic hydroxyl groups is 1. The topological polar surface area (TPSA) is 75.4 Å². The standard InChI is InChI=1S/C11H14N2O2/c12-11(15)13-9-5-6-10(14)8-4-2-1-3-7(8)9/h1-4,9-10,14H,5-6H2,(H3,12,13,15)/t9-,10+/m1/s1. The lowest BCUT2D eigenvalue weighted by Crippen LogP contribution is -2.35. The third-order valence-electron chi connectivity index (χ3n) is 2.78. The average Bonchev–Trinajstić information content (AvgIpc) is 2.22. The molecule has 1 aromatic carbocycles. The van der Waals surface area contributed by atoms with E-state index >= 15 is 0 Å². The number of primary amides is 1. The van der Waals surface area contributed by atoms with Crippen LogP contribution < -0.4 is 11.1 Å². The van der Waals surface area contributed by atoms with E-state index in [0.29, 0.717) is 6.42 Å². The minimum absolute atomic E-state index is 0.0675. The molecule has 0 unspecified atom stereocenters. The quantitative estimate of drug-likeness (QED) is 0.646. The van der Waals surface area contributed by atoms with E-state index < -0.39 is 12.1 Å². The molecule has 0 saturated carbocycles. The molecule has 0 radical (unpaired) electrons. The van der Waals surface area contributed by atoms with Crippen molar-refractivity contribution in [2.24, 2.45) is 5.73 Å². The minimum atomic E-state index is -0.522. The van der Waals surface area contributed by atoms with Gasteiger partial charge in [-0.3, -0.25) is 0 Å². The smallest absolute Gasteiger partial charge is 0.312 e. The Hall–Kier alpha value is -1.55. The molecule has 0 aromatic heterocycles. The molecule has 0 bridgehead atoms. The van der Waals surface area contributed by atoms with Gasteiger partial charge >= 0.3 is 6.03 Å². The zero-order chi connectivity index (χ0) is 10.8. The number of rotatable bonds is 1. The van der Waals surface area contributed by atoms with Gasteiger partial charge in [-0.15, -0.1) is 0 Å². The zero-order valence-corrected chi connectivity index (χ0v) is 8.31. The van der Waals surface area contributed by atoms with Crippen molar-refractivity contribution in [2.75, 3.05) is 0 Å². The summed E-state index contributed by atoms with van der Waals surface area (Å²) in [6.45, 7) is 0. The van der Waals surface area contributed by atoms with Crippen LogP contribution in [0.25, 0.3) is 0 Å². The molecular weight excluding hydrogens is 192 g/mol. The predicted molar refractivity (Wildman–Crippen MR) is 56.1 cm³/mol. The van der Waals surface area contributed by atoms with Gasteiger partial charge in [-0.1, -0.05) is 24.3 Å². The number of carbonyl (C=O) groups excluding carboxylic acids is 1. The molecule has 1 aliphatic rings. The van der Waals surface area contributed by atoms with E-state index in [1.54, 1.807) is 0 Å². The second-order valence-corrected chi connectivity index (χ2v) is 3.78. The normalized spacial score (nSPS) is 24.3. The number of aliphatic hydroxyl groups excluding tert-OH is 1. The van der Waals surface area contributed by atoms with E-state index in [1.165, 1.54) is 0 Å². The number of benzene rings is 1. The van der Waals surface area contributed by atoms with Crippen molar-refractivity contribution in [3.63, 3.8) is 0 Å². The van der Waals surface area contributed by atoms with E-state index in [9.17, 15) is 9.90 Å². The number of hydrogen-bond acceptors (Lipinski definition) is 2. The van der Waals surface area contributed by atoms with E-state index in [0.717, 1.165) is 17.5 Å². The van der Waals surface area contributed by atoms with Gasteiger partial charge in [0.05, 0.1) is 12.1 Å². The number of nitrogens with two attached hydrogens (primary N) is 1. The van der Waals surface area contributed by atoms with Crippen molar-refractivity contribution < 1.29 is 9.90 Å². The van der Waals surface area contributed by atoms with Crippen LogP contribution in [-0.4, -0.2) is 11.1 Å². The Balaban J connectivity index is 2.31. The van der Waals surface area contributed by atoms with Crippen molar-refractivity contribution in [3.8, 4) is 0 Å². The minimum Gasteiger partial charge on any atom is -0.388 e. The highest BCUT2D eigenvalue weighted by atomic mass is 16.3. The first kappa shape index (κ1) is 9.98. The summed E-state index contributed by atoms with van der Waals surface area (Å²) >= 11 is 0. The molecule has 0 fully saturated rings. The molecule has 4 nitrogen and oxygen atoms in total. The molecule has 2 amide bonds. The van der Waals surface area contributed by atoms with Gasteiger partial charge in [0, 0.05) is 0 Å². The Morgan fingerprint density at radius 3 is 2.67 bits per heavy atom. The van der Waals surface area contributed by atoms with Crippen LogP contribution in [0.1, 0.15) is 36.1 Å². The molecular formula is C11H14N2O2. The maximum Gasteiger partial charge on any atom is 0.312 e. The van der Waals surface area contributed by atoms with Crippen LogP contribution in [-0.2, 0) is 0 Å². The maximum absolute atomic E-state index is 10.8. The second-order valence-electron chi connectivity index (χ2n) is 3.78. The largest absolute Gasteiger partial charge is 0.388 e. The summed E-state index contributed by atoms with van der Waals surface area (Å²) in [5, 5.41) is 12.5. The monoisotopic (exact) mass is 206 g/mol. The van der Waals surface area contributed by atoms with Gasteiger partial charge < -0.3 is 16.2 Å². The molecule has 0 aliphatic heterocycles. The van der Waals surface area contributed by atoms with Gasteiger partial charge in [0.15, 0.2) is 0 Å². The predicted octanol–water partition coefficient (Wildman–Crippen LogP) is 1.22. The third-order valence-corrected chi connectivity index (χ3v) is 2.78. The summed E-state index contributed by atoms with van der Waals surface area (Å²) in [4.78, 5) is 10.8. The van der Waals surface area contributed by atoms with Crippen molar-refractivity contribution in [1.29, 1.82) is 0 Å². The molecule has 2 atom stereocenters. The first-order chi connectivity index (χ1) is 7.18. The Kier molecular flexibility index (Phi) is 2.60. The fourth-order valence-electron chi connectivity index (χ4n) is 2.09. The SMILES string of the molecule is NC(=O)N[C@@H]1CC[C@H](O)c2ccccc21. The van der Waals surface area contributed by atoms with E-state index in [1.807, 2.05) is 24.3 Å². The number of urea groups is 1. The summed E-state index contributed by atoms with van der Waals surface area (Å²) in [6.07, 6.45) is 0.954. The molecule has 1 aliphatic carbocycles. The van der Waals surface area contributed by atoms with Crippen molar-refractivity contribution in [1.82, 2.24) is 5.32 Å². The summed E-state index contributed by atoms with van der Waals surface area (Å²) in [6, 6.07) is 6.99. The fraction of sp³-hybridized carbons (Fsp3) is 0.364. The zero-order valence-electron chi connectivity index (χ0n) is 8.31. The molecule has 4 heteroatoms. The fourth-order valence-corrected chi connectivity index (χ4v) is 2.09. The lowest BCUT2D eigenvalue weighted by atomic mass is 9.86. The highest BCUT2D eigenvalue weighted by Crippen LogP contribution is 2.35. The second kappa shape index (κ2) is 3.90. The molecule has 4 N–H and O–H groups in total. The van der Waals surface area contributed by atoms with Gasteiger partial charge in [0.2, 0.25) is 0 Å². The van der Waals surface area contributed by atoms with Crippen LogP contribution in [0.4, 0.5) is 4.79 Å². The summed E-state index contributed by atoms with van der Waals surface area (Å²) in [5.74, 6) is 0. The van der Waals surface area contributed by atoms with Gasteiger partial charge in [-0.25, -0.2) is 4.79 Å². The first-order valence-corrected chi connectivity index (χ1v) is 5.01. The third kappa shape index (κ3) is 1.94. The van der Waals surface area contributed by atoms with Crippen LogP contribution >= 0.6 is 0 Å². The lowest BCUT2D eigenvalue weighted by molar-refractivity contribution is 0.147. The Bertz CT molecular complexity index is 379. The number of fused-ring (bicyclic) bond motifs is 1. The Labute approximate surface area is 88.1 Å². The van der Waals surface area contributed by atoms with Crippen LogP contribution in [0.3, 0.4) is 0 Å². The highest BCUT2D eigenvalue weighted by molar-refractivity contribution is 5.72. The Morgan fingerprint density at radius 2 is 2.00 bits per heavy atom. The Morgan fingerprint density at radius 1 is 1.33 bits per heavy atom. The average molecular weight is 206 g/mol. The van der Waals surface area contributed by atoms with Crippen molar-refractivity contribution in [2.45, 2.75) is 25.0 Å². The van der Waals surface area contributed by atoms with Crippen molar-refractivity contribution in [3.05, 3.63) is 35.4 Å². The molecule has 80 valence electrons. The number of nitrogens with one attached hydrogen (secondary N) is 1. The van der Waals surface area contributed by atoms with E-state index in [2.05, 4.69) is 5.32 Å². The molecule has 15 heavy (non-hydrogen) atoms. The van der Waals surface area contributed by atoms with E-state index in [-0.39, 0.29) is 6.04 Å². The molecule has 0 saturated heterocycles.